The Balaban J connectivity index is 1.45. The van der Waals surface area contributed by atoms with Gasteiger partial charge in [-0.3, -0.25) is 4.98 Å². The average Bonchev–Trinajstić information content (AvgIpc) is 3.33. The molecule has 4 rings (SSSR count). The molecule has 0 unspecified atom stereocenters. The highest BCUT2D eigenvalue weighted by atomic mass is 32.2. The number of anilines is 1. The maximum atomic E-state index is 12.8. The predicted octanol–water partition coefficient (Wildman–Crippen LogP) is 4.76. The predicted molar refractivity (Wildman–Crippen MR) is 106 cm³/mol. The number of nitrogens with zero attached hydrogens (tertiary/aromatic N) is 2. The van der Waals surface area contributed by atoms with Crippen LogP contribution in [0, 0.1) is 0 Å². The molecular weight excluding hydrogens is 350 g/mol. The molecule has 0 bridgehead atoms. The molecule has 2 fully saturated rings. The van der Waals surface area contributed by atoms with Crippen LogP contribution in [0.15, 0.2) is 48.8 Å². The van der Waals surface area contributed by atoms with Crippen molar-refractivity contribution in [3.05, 3.63) is 59.9 Å². The second-order valence-electron chi connectivity index (χ2n) is 6.34. The number of amides is 2. The van der Waals surface area contributed by atoms with Crippen molar-refractivity contribution >= 4 is 35.2 Å². The van der Waals surface area contributed by atoms with E-state index in [1.165, 1.54) is 17.1 Å². The van der Waals surface area contributed by atoms with Crippen molar-refractivity contribution in [2.24, 2.45) is 0 Å². The fourth-order valence-corrected chi connectivity index (χ4v) is 5.79. The minimum absolute atomic E-state index is 0.0109. The highest BCUT2D eigenvalue weighted by Crippen LogP contribution is 2.45. The molecule has 25 heavy (non-hydrogen) atoms. The van der Waals surface area contributed by atoms with Crippen molar-refractivity contribution in [1.29, 1.82) is 0 Å². The van der Waals surface area contributed by atoms with E-state index >= 15 is 0 Å². The van der Waals surface area contributed by atoms with Gasteiger partial charge in [-0.2, -0.15) is 0 Å². The van der Waals surface area contributed by atoms with Crippen LogP contribution in [0.25, 0.3) is 0 Å². The largest absolute Gasteiger partial charge is 0.322 e. The molecule has 1 saturated carbocycles. The van der Waals surface area contributed by atoms with Crippen molar-refractivity contribution < 1.29 is 4.79 Å². The summed E-state index contributed by atoms with van der Waals surface area (Å²) in [5.74, 6) is 2.40. The lowest BCUT2D eigenvalue weighted by Gasteiger charge is -2.23. The maximum Gasteiger partial charge on any atom is 0.322 e. The summed E-state index contributed by atoms with van der Waals surface area (Å²) in [6, 6.07) is 12.6. The Morgan fingerprint density at radius 1 is 1.16 bits per heavy atom. The van der Waals surface area contributed by atoms with Gasteiger partial charge in [0, 0.05) is 42.2 Å². The van der Waals surface area contributed by atoms with E-state index in [2.05, 4.69) is 22.4 Å². The first-order valence-electron chi connectivity index (χ1n) is 8.59. The van der Waals surface area contributed by atoms with Crippen LogP contribution in [0.2, 0.25) is 0 Å². The SMILES string of the molecule is O=C(Nc1cccc(C2SCCS2)c1)N(Cc1ccncc1)C1CC1. The van der Waals surface area contributed by atoms with Gasteiger partial charge < -0.3 is 10.2 Å². The number of urea groups is 1. The maximum absolute atomic E-state index is 12.8. The van der Waals surface area contributed by atoms with Crippen LogP contribution in [0.5, 0.6) is 0 Å². The molecule has 0 atom stereocenters. The van der Waals surface area contributed by atoms with E-state index in [4.69, 9.17) is 0 Å². The minimum atomic E-state index is -0.0109. The van der Waals surface area contributed by atoms with Gasteiger partial charge in [0.1, 0.15) is 0 Å². The van der Waals surface area contributed by atoms with Crippen molar-refractivity contribution in [3.8, 4) is 0 Å². The summed E-state index contributed by atoms with van der Waals surface area (Å²) in [5, 5.41) is 3.10. The first-order valence-corrected chi connectivity index (χ1v) is 10.7. The number of benzene rings is 1. The third-order valence-electron chi connectivity index (χ3n) is 4.38. The number of pyridine rings is 1. The first-order chi connectivity index (χ1) is 12.3. The second-order valence-corrected chi connectivity index (χ2v) is 9.07. The van der Waals surface area contributed by atoms with Gasteiger partial charge in [-0.1, -0.05) is 12.1 Å². The van der Waals surface area contributed by atoms with E-state index in [0.717, 1.165) is 24.1 Å². The lowest BCUT2D eigenvalue weighted by molar-refractivity contribution is 0.206. The minimum Gasteiger partial charge on any atom is -0.317 e. The molecule has 1 aromatic carbocycles. The van der Waals surface area contributed by atoms with Gasteiger partial charge in [0.2, 0.25) is 0 Å². The number of carbonyl (C=O) groups is 1. The topological polar surface area (TPSA) is 45.2 Å². The van der Waals surface area contributed by atoms with Crippen LogP contribution in [0.1, 0.15) is 28.6 Å². The summed E-state index contributed by atoms with van der Waals surface area (Å²) in [4.78, 5) is 18.8. The Labute approximate surface area is 156 Å². The van der Waals surface area contributed by atoms with Gasteiger partial charge in [-0.05, 0) is 48.2 Å². The lowest BCUT2D eigenvalue weighted by atomic mass is 10.2. The van der Waals surface area contributed by atoms with E-state index in [1.807, 2.05) is 52.7 Å². The van der Waals surface area contributed by atoms with E-state index < -0.39 is 0 Å². The molecule has 2 amide bonds. The molecule has 6 heteroatoms. The molecule has 1 aliphatic carbocycles. The van der Waals surface area contributed by atoms with Gasteiger partial charge in [-0.25, -0.2) is 4.79 Å². The van der Waals surface area contributed by atoms with E-state index in [1.54, 1.807) is 12.4 Å². The van der Waals surface area contributed by atoms with E-state index in [0.29, 0.717) is 17.2 Å². The second kappa shape index (κ2) is 7.70. The van der Waals surface area contributed by atoms with Crippen LogP contribution in [0.3, 0.4) is 0 Å². The van der Waals surface area contributed by atoms with Crippen LogP contribution >= 0.6 is 23.5 Å². The molecule has 130 valence electrons. The molecular formula is C19H21N3OS2. The summed E-state index contributed by atoms with van der Waals surface area (Å²) in [7, 11) is 0. The summed E-state index contributed by atoms with van der Waals surface area (Å²) in [5.41, 5.74) is 3.29. The molecule has 1 aromatic heterocycles. The number of thioether (sulfide) groups is 2. The van der Waals surface area contributed by atoms with Crippen LogP contribution in [0.4, 0.5) is 10.5 Å². The number of hydrogen-bond donors (Lipinski definition) is 1. The number of carbonyl (C=O) groups excluding carboxylic acids is 1. The third kappa shape index (κ3) is 4.30. The zero-order valence-electron chi connectivity index (χ0n) is 13.9. The number of rotatable bonds is 5. The average molecular weight is 372 g/mol. The van der Waals surface area contributed by atoms with Crippen LogP contribution < -0.4 is 5.32 Å². The van der Waals surface area contributed by atoms with Crippen molar-refractivity contribution in [3.63, 3.8) is 0 Å². The Morgan fingerprint density at radius 2 is 1.92 bits per heavy atom. The van der Waals surface area contributed by atoms with E-state index in [-0.39, 0.29) is 6.03 Å². The van der Waals surface area contributed by atoms with Gasteiger partial charge in [0.05, 0.1) is 4.58 Å². The lowest BCUT2D eigenvalue weighted by Crippen LogP contribution is -2.36. The molecule has 0 spiro atoms. The third-order valence-corrected chi connectivity index (χ3v) is 7.49. The molecule has 2 aliphatic rings. The summed E-state index contributed by atoms with van der Waals surface area (Å²) in [6.45, 7) is 0.632. The molecule has 1 saturated heterocycles. The normalized spacial score (nSPS) is 17.4. The van der Waals surface area contributed by atoms with Gasteiger partial charge in [0.15, 0.2) is 0 Å². The molecule has 1 aliphatic heterocycles. The number of hydrogen-bond acceptors (Lipinski definition) is 4. The highest BCUT2D eigenvalue weighted by Gasteiger charge is 2.32. The monoisotopic (exact) mass is 371 g/mol. The van der Waals surface area contributed by atoms with E-state index in [9.17, 15) is 4.79 Å². The highest BCUT2D eigenvalue weighted by molar-refractivity contribution is 8.19. The number of aromatic nitrogens is 1. The molecule has 0 radical (unpaired) electrons. The summed E-state index contributed by atoms with van der Waals surface area (Å²) >= 11 is 3.96. The van der Waals surface area contributed by atoms with Crippen LogP contribution in [-0.4, -0.2) is 33.5 Å². The zero-order valence-corrected chi connectivity index (χ0v) is 15.6. The van der Waals surface area contributed by atoms with Gasteiger partial charge >= 0.3 is 6.03 Å². The van der Waals surface area contributed by atoms with Crippen molar-refractivity contribution in [1.82, 2.24) is 9.88 Å². The van der Waals surface area contributed by atoms with Gasteiger partial charge in [0.25, 0.3) is 0 Å². The smallest absolute Gasteiger partial charge is 0.317 e. The first kappa shape index (κ1) is 16.8. The molecule has 4 nitrogen and oxygen atoms in total. The van der Waals surface area contributed by atoms with Crippen molar-refractivity contribution in [2.45, 2.75) is 30.0 Å². The Morgan fingerprint density at radius 3 is 2.64 bits per heavy atom. The van der Waals surface area contributed by atoms with Crippen molar-refractivity contribution in [2.75, 3.05) is 16.8 Å². The standard InChI is InChI=1S/C19H21N3OS2/c23-19(22(17-4-5-17)13-14-6-8-20-9-7-14)21-16-3-1-2-15(12-16)18-24-10-11-25-18/h1-3,6-9,12,17-18H,4-5,10-11,13H2,(H,21,23). The number of nitrogens with one attached hydrogen (secondary N) is 1. The summed E-state index contributed by atoms with van der Waals surface area (Å²) < 4.78 is 0.494. The zero-order chi connectivity index (χ0) is 17.1. The fourth-order valence-electron chi connectivity index (χ4n) is 2.95. The summed E-state index contributed by atoms with van der Waals surface area (Å²) in [6.07, 6.45) is 5.74. The molecule has 2 aromatic rings. The van der Waals surface area contributed by atoms with Gasteiger partial charge in [-0.15, -0.1) is 23.5 Å². The Hall–Kier alpha value is -1.66. The quantitative estimate of drug-likeness (QED) is 0.823. The van der Waals surface area contributed by atoms with Crippen LogP contribution in [-0.2, 0) is 6.54 Å². The fraction of sp³-hybridized carbons (Fsp3) is 0.368. The Kier molecular flexibility index (Phi) is 5.17. The Bertz CT molecular complexity index is 730. The molecule has 1 N–H and O–H groups in total. The molecule has 2 heterocycles.